The molecule has 32 heavy (non-hydrogen) atoms. The molecule has 4 rings (SSSR count). The maximum absolute atomic E-state index is 12.6. The van der Waals surface area contributed by atoms with Crippen LogP contribution in [0.4, 0.5) is 5.69 Å². The Bertz CT molecular complexity index is 1250. The standard InChI is InChI=1S/C22H23N3O6S/c1-12-3-4-16-17(7-12)32-22-20(16)21(27)23-18(24-22)5-6-19(26)31-11-13-8-14(25(28)29)10-15(9-13)30-2/h8-10,12H,3-7,11H2,1-2H3,(H,23,24,27). The lowest BCUT2D eigenvalue weighted by Crippen LogP contribution is -2.15. The monoisotopic (exact) mass is 457 g/mol. The summed E-state index contributed by atoms with van der Waals surface area (Å²) in [6, 6.07) is 4.21. The molecule has 2 heterocycles. The summed E-state index contributed by atoms with van der Waals surface area (Å²) < 4.78 is 10.3. The van der Waals surface area contributed by atoms with Crippen LogP contribution in [0.25, 0.3) is 10.2 Å². The van der Waals surface area contributed by atoms with Crippen molar-refractivity contribution in [3.05, 3.63) is 60.5 Å². The van der Waals surface area contributed by atoms with Crippen LogP contribution in [-0.4, -0.2) is 28.0 Å². The second-order valence-corrected chi connectivity index (χ2v) is 9.09. The minimum atomic E-state index is -0.533. The Morgan fingerprint density at radius 3 is 2.94 bits per heavy atom. The average Bonchev–Trinajstić information content (AvgIpc) is 3.13. The molecular weight excluding hydrogens is 434 g/mol. The number of carbonyl (C=O) groups excluding carboxylic acids is 1. The number of nitrogens with one attached hydrogen (secondary N) is 1. The van der Waals surface area contributed by atoms with E-state index in [0.29, 0.717) is 28.4 Å². The number of aromatic amines is 1. The molecule has 1 aliphatic carbocycles. The van der Waals surface area contributed by atoms with Crippen LogP contribution < -0.4 is 10.3 Å². The van der Waals surface area contributed by atoms with E-state index in [4.69, 9.17) is 9.47 Å². The van der Waals surface area contributed by atoms with Crippen LogP contribution in [-0.2, 0) is 35.4 Å². The molecule has 1 unspecified atom stereocenters. The molecule has 0 aliphatic heterocycles. The minimum Gasteiger partial charge on any atom is -0.496 e. The molecule has 0 saturated carbocycles. The van der Waals surface area contributed by atoms with Crippen LogP contribution >= 0.6 is 11.3 Å². The van der Waals surface area contributed by atoms with Gasteiger partial charge >= 0.3 is 5.97 Å². The van der Waals surface area contributed by atoms with E-state index >= 15 is 0 Å². The number of carbonyl (C=O) groups is 1. The number of hydrogen-bond acceptors (Lipinski definition) is 8. The number of methoxy groups -OCH3 is 1. The van der Waals surface area contributed by atoms with E-state index in [1.165, 1.54) is 24.1 Å². The molecule has 1 atom stereocenters. The zero-order valence-electron chi connectivity index (χ0n) is 17.8. The van der Waals surface area contributed by atoms with Gasteiger partial charge < -0.3 is 14.5 Å². The second-order valence-electron chi connectivity index (χ2n) is 8.00. The molecule has 2 aromatic heterocycles. The lowest BCUT2D eigenvalue weighted by Gasteiger charge is -2.17. The number of rotatable bonds is 7. The first-order valence-corrected chi connectivity index (χ1v) is 11.2. The van der Waals surface area contributed by atoms with Crippen molar-refractivity contribution in [3.63, 3.8) is 0 Å². The highest BCUT2D eigenvalue weighted by molar-refractivity contribution is 7.18. The number of aryl methyl sites for hydroxylation is 2. The van der Waals surface area contributed by atoms with Gasteiger partial charge in [-0.3, -0.25) is 19.7 Å². The fraction of sp³-hybridized carbons (Fsp3) is 0.409. The molecule has 9 nitrogen and oxygen atoms in total. The molecule has 0 fully saturated rings. The number of nitrogens with zero attached hydrogens (tertiary/aromatic N) is 2. The molecule has 0 radical (unpaired) electrons. The maximum atomic E-state index is 12.6. The van der Waals surface area contributed by atoms with E-state index < -0.39 is 10.9 Å². The van der Waals surface area contributed by atoms with Crippen LogP contribution in [0.5, 0.6) is 5.75 Å². The van der Waals surface area contributed by atoms with Gasteiger partial charge in [0.25, 0.3) is 11.2 Å². The Balaban J connectivity index is 1.41. The molecule has 1 N–H and O–H groups in total. The molecule has 0 saturated heterocycles. The summed E-state index contributed by atoms with van der Waals surface area (Å²) in [7, 11) is 1.41. The minimum absolute atomic E-state index is 0.0304. The van der Waals surface area contributed by atoms with Crippen molar-refractivity contribution in [2.75, 3.05) is 7.11 Å². The van der Waals surface area contributed by atoms with Gasteiger partial charge in [-0.25, -0.2) is 4.98 Å². The second kappa shape index (κ2) is 9.07. The van der Waals surface area contributed by atoms with Gasteiger partial charge in [-0.1, -0.05) is 6.92 Å². The number of hydrogen-bond donors (Lipinski definition) is 1. The summed E-state index contributed by atoms with van der Waals surface area (Å²) in [6.07, 6.45) is 3.21. The summed E-state index contributed by atoms with van der Waals surface area (Å²) in [5.74, 6) is 0.879. The zero-order valence-corrected chi connectivity index (χ0v) is 18.6. The number of benzene rings is 1. The first kappa shape index (κ1) is 21.9. The van der Waals surface area contributed by atoms with Crippen molar-refractivity contribution in [2.45, 2.75) is 45.6 Å². The topological polar surface area (TPSA) is 124 Å². The highest BCUT2D eigenvalue weighted by Gasteiger charge is 2.23. The molecule has 1 aromatic carbocycles. The summed E-state index contributed by atoms with van der Waals surface area (Å²) in [6.45, 7) is 2.10. The summed E-state index contributed by atoms with van der Waals surface area (Å²) in [4.78, 5) is 44.7. The average molecular weight is 458 g/mol. The lowest BCUT2D eigenvalue weighted by atomic mass is 9.89. The molecule has 1 aliphatic rings. The quantitative estimate of drug-likeness (QED) is 0.326. The van der Waals surface area contributed by atoms with Crippen LogP contribution in [0.2, 0.25) is 0 Å². The normalized spacial score (nSPS) is 15.4. The van der Waals surface area contributed by atoms with Gasteiger partial charge in [0, 0.05) is 17.4 Å². The zero-order chi connectivity index (χ0) is 22.8. The van der Waals surface area contributed by atoms with Crippen molar-refractivity contribution in [1.82, 2.24) is 9.97 Å². The molecular formula is C22H23N3O6S. The van der Waals surface area contributed by atoms with Crippen molar-refractivity contribution in [1.29, 1.82) is 0 Å². The largest absolute Gasteiger partial charge is 0.496 e. The number of thiophene rings is 1. The number of H-pyrrole nitrogens is 1. The number of nitro benzene ring substituents is 1. The molecule has 168 valence electrons. The number of esters is 1. The Labute approximate surface area is 187 Å². The predicted octanol–water partition coefficient (Wildman–Crippen LogP) is 3.70. The van der Waals surface area contributed by atoms with Gasteiger partial charge in [0.2, 0.25) is 0 Å². The summed E-state index contributed by atoms with van der Waals surface area (Å²) >= 11 is 1.57. The summed E-state index contributed by atoms with van der Waals surface area (Å²) in [5.41, 5.74) is 1.28. The van der Waals surface area contributed by atoms with Gasteiger partial charge in [-0.15, -0.1) is 11.3 Å². The fourth-order valence-corrected chi connectivity index (χ4v) is 5.32. The third-order valence-electron chi connectivity index (χ3n) is 5.58. The Kier molecular flexibility index (Phi) is 6.22. The molecule has 0 bridgehead atoms. The first-order chi connectivity index (χ1) is 15.3. The van der Waals surface area contributed by atoms with Crippen molar-refractivity contribution in [2.24, 2.45) is 5.92 Å². The van der Waals surface area contributed by atoms with Crippen LogP contribution in [0.15, 0.2) is 23.0 Å². The van der Waals surface area contributed by atoms with Crippen molar-refractivity contribution >= 4 is 33.2 Å². The van der Waals surface area contributed by atoms with E-state index in [2.05, 4.69) is 16.9 Å². The molecule has 0 amide bonds. The molecule has 3 aromatic rings. The van der Waals surface area contributed by atoms with Gasteiger partial charge in [-0.05, 0) is 42.4 Å². The molecule has 0 spiro atoms. The Morgan fingerprint density at radius 2 is 2.19 bits per heavy atom. The van der Waals surface area contributed by atoms with E-state index in [9.17, 15) is 19.7 Å². The number of aromatic nitrogens is 2. The highest BCUT2D eigenvalue weighted by atomic mass is 32.1. The van der Waals surface area contributed by atoms with Gasteiger partial charge in [0.15, 0.2) is 0 Å². The SMILES string of the molecule is COc1cc(COC(=O)CCc2nc3sc4c(c3c(=O)[nH]2)CCC(C)C4)cc([N+](=O)[O-])c1. The Hall–Kier alpha value is -3.27. The third-order valence-corrected chi connectivity index (χ3v) is 6.73. The first-order valence-electron chi connectivity index (χ1n) is 10.4. The summed E-state index contributed by atoms with van der Waals surface area (Å²) in [5, 5.41) is 11.7. The van der Waals surface area contributed by atoms with Crippen molar-refractivity contribution < 1.29 is 19.2 Å². The van der Waals surface area contributed by atoms with Crippen molar-refractivity contribution in [3.8, 4) is 5.75 Å². The van der Waals surface area contributed by atoms with E-state index in [1.54, 1.807) is 17.4 Å². The highest BCUT2D eigenvalue weighted by Crippen LogP contribution is 2.35. The van der Waals surface area contributed by atoms with Gasteiger partial charge in [0.1, 0.15) is 23.0 Å². The fourth-order valence-electron chi connectivity index (χ4n) is 3.92. The van der Waals surface area contributed by atoms with Crippen LogP contribution in [0, 0.1) is 16.0 Å². The maximum Gasteiger partial charge on any atom is 0.306 e. The smallest absolute Gasteiger partial charge is 0.306 e. The lowest BCUT2D eigenvalue weighted by molar-refractivity contribution is -0.385. The van der Waals surface area contributed by atoms with Crippen LogP contribution in [0.3, 0.4) is 0 Å². The van der Waals surface area contributed by atoms with E-state index in [-0.39, 0.29) is 30.7 Å². The molecule has 10 heteroatoms. The number of nitro groups is 1. The Morgan fingerprint density at radius 1 is 1.38 bits per heavy atom. The number of ether oxygens (including phenoxy) is 2. The number of fused-ring (bicyclic) bond motifs is 3. The van der Waals surface area contributed by atoms with Gasteiger partial charge in [-0.2, -0.15) is 0 Å². The van der Waals surface area contributed by atoms with Crippen LogP contribution in [0.1, 0.15) is 41.6 Å². The van der Waals surface area contributed by atoms with Gasteiger partial charge in [0.05, 0.1) is 29.9 Å². The predicted molar refractivity (Wildman–Crippen MR) is 119 cm³/mol. The van der Waals surface area contributed by atoms with E-state index in [0.717, 1.165) is 29.7 Å². The van der Waals surface area contributed by atoms with E-state index in [1.807, 2.05) is 0 Å². The third kappa shape index (κ3) is 4.64. The number of non-ortho nitro benzene ring substituents is 1.